The Labute approximate surface area is 90.9 Å². The van der Waals surface area contributed by atoms with Gasteiger partial charge in [0, 0.05) is 0 Å². The molecule has 0 aromatic heterocycles. The summed E-state index contributed by atoms with van der Waals surface area (Å²) < 4.78 is 5.57. The van der Waals surface area contributed by atoms with Crippen LogP contribution in [-0.2, 0) is 0 Å². The van der Waals surface area contributed by atoms with E-state index in [1.807, 2.05) is 42.1 Å². The number of hydrogen-bond acceptors (Lipinski definition) is 2. The van der Waals surface area contributed by atoms with Gasteiger partial charge in [0.25, 0.3) is 0 Å². The highest BCUT2D eigenvalue weighted by Crippen LogP contribution is 2.09. The molecule has 0 fully saturated rings. The molecule has 0 saturated carbocycles. The lowest BCUT2D eigenvalue weighted by Crippen LogP contribution is -1.98. The van der Waals surface area contributed by atoms with Crippen molar-refractivity contribution in [2.75, 3.05) is 18.1 Å². The van der Waals surface area contributed by atoms with Gasteiger partial charge in [-0.3, -0.25) is 0 Å². The third-order valence-electron chi connectivity index (χ3n) is 1.79. The summed E-state index contributed by atoms with van der Waals surface area (Å²) in [6, 6.07) is 10.0. The molecule has 0 aliphatic heterocycles. The first-order valence-corrected chi connectivity index (χ1v) is 6.34. The number of benzene rings is 1. The van der Waals surface area contributed by atoms with Crippen molar-refractivity contribution < 1.29 is 4.74 Å². The Morgan fingerprint density at radius 1 is 1.14 bits per heavy atom. The van der Waals surface area contributed by atoms with Crippen LogP contribution in [0.15, 0.2) is 30.3 Å². The summed E-state index contributed by atoms with van der Waals surface area (Å²) in [7, 11) is 0. The van der Waals surface area contributed by atoms with Crippen LogP contribution in [0.25, 0.3) is 0 Å². The zero-order valence-corrected chi connectivity index (χ0v) is 9.56. The van der Waals surface area contributed by atoms with Gasteiger partial charge in [-0.2, -0.15) is 11.8 Å². The molecular weight excluding hydrogens is 192 g/mol. The topological polar surface area (TPSA) is 9.23 Å². The van der Waals surface area contributed by atoms with Gasteiger partial charge in [0.1, 0.15) is 5.75 Å². The van der Waals surface area contributed by atoms with E-state index in [4.69, 9.17) is 4.74 Å². The van der Waals surface area contributed by atoms with Gasteiger partial charge < -0.3 is 4.74 Å². The SMILES string of the molecule is CCCSCCCOc1ccccc1. The highest BCUT2D eigenvalue weighted by atomic mass is 32.2. The van der Waals surface area contributed by atoms with E-state index in [9.17, 15) is 0 Å². The quantitative estimate of drug-likeness (QED) is 0.636. The molecule has 14 heavy (non-hydrogen) atoms. The number of rotatable bonds is 7. The lowest BCUT2D eigenvalue weighted by molar-refractivity contribution is 0.319. The van der Waals surface area contributed by atoms with E-state index >= 15 is 0 Å². The standard InChI is InChI=1S/C12H18OS/c1-2-10-14-11-6-9-13-12-7-4-3-5-8-12/h3-5,7-8H,2,6,9-11H2,1H3. The molecule has 0 heterocycles. The lowest BCUT2D eigenvalue weighted by atomic mass is 10.3. The first-order chi connectivity index (χ1) is 6.93. The number of para-hydroxylation sites is 1. The molecule has 0 N–H and O–H groups in total. The summed E-state index contributed by atoms with van der Waals surface area (Å²) >= 11 is 2.01. The molecular formula is C12H18OS. The monoisotopic (exact) mass is 210 g/mol. The first-order valence-electron chi connectivity index (χ1n) is 5.19. The molecule has 1 rings (SSSR count). The van der Waals surface area contributed by atoms with E-state index in [0.29, 0.717) is 0 Å². The maximum absolute atomic E-state index is 5.57. The molecule has 0 amide bonds. The molecule has 0 aliphatic carbocycles. The molecule has 1 aromatic rings. The third kappa shape index (κ3) is 5.18. The van der Waals surface area contributed by atoms with Crippen molar-refractivity contribution in [1.82, 2.24) is 0 Å². The Morgan fingerprint density at radius 2 is 1.93 bits per heavy atom. The molecule has 0 atom stereocenters. The summed E-state index contributed by atoms with van der Waals surface area (Å²) in [5.41, 5.74) is 0. The van der Waals surface area contributed by atoms with Gasteiger partial charge in [-0.15, -0.1) is 0 Å². The Balaban J connectivity index is 1.99. The Bertz CT molecular complexity index is 223. The van der Waals surface area contributed by atoms with E-state index in [2.05, 4.69) is 6.92 Å². The van der Waals surface area contributed by atoms with E-state index in [-0.39, 0.29) is 0 Å². The summed E-state index contributed by atoms with van der Waals surface area (Å²) in [6.07, 6.45) is 2.41. The highest BCUT2D eigenvalue weighted by Gasteiger charge is 1.91. The van der Waals surface area contributed by atoms with Crippen LogP contribution in [0.4, 0.5) is 0 Å². The van der Waals surface area contributed by atoms with Crippen LogP contribution in [0.2, 0.25) is 0 Å². The lowest BCUT2D eigenvalue weighted by Gasteiger charge is -2.04. The second kappa shape index (κ2) is 7.74. The zero-order chi connectivity index (χ0) is 10.1. The van der Waals surface area contributed by atoms with Gasteiger partial charge in [-0.05, 0) is 36.5 Å². The van der Waals surface area contributed by atoms with Crippen LogP contribution in [-0.4, -0.2) is 18.1 Å². The summed E-state index contributed by atoms with van der Waals surface area (Å²) in [5, 5.41) is 0. The number of hydrogen-bond donors (Lipinski definition) is 0. The van der Waals surface area contributed by atoms with E-state index < -0.39 is 0 Å². The molecule has 1 aromatic carbocycles. The predicted molar refractivity (Wildman–Crippen MR) is 64.2 cm³/mol. The third-order valence-corrected chi connectivity index (χ3v) is 3.07. The molecule has 0 saturated heterocycles. The normalized spacial score (nSPS) is 10.1. The minimum Gasteiger partial charge on any atom is -0.494 e. The molecule has 0 aliphatic rings. The van der Waals surface area contributed by atoms with Gasteiger partial charge >= 0.3 is 0 Å². The Kier molecular flexibility index (Phi) is 6.33. The fraction of sp³-hybridized carbons (Fsp3) is 0.500. The zero-order valence-electron chi connectivity index (χ0n) is 8.74. The molecule has 0 spiro atoms. The number of thioether (sulfide) groups is 1. The molecule has 0 bridgehead atoms. The van der Waals surface area contributed by atoms with Crippen LogP contribution in [0, 0.1) is 0 Å². The minimum atomic E-state index is 0.834. The van der Waals surface area contributed by atoms with Gasteiger partial charge in [0.15, 0.2) is 0 Å². The van der Waals surface area contributed by atoms with Crippen LogP contribution >= 0.6 is 11.8 Å². The second-order valence-electron chi connectivity index (χ2n) is 3.13. The van der Waals surface area contributed by atoms with Crippen molar-refractivity contribution in [3.05, 3.63) is 30.3 Å². The Hall–Kier alpha value is -0.630. The van der Waals surface area contributed by atoms with Crippen molar-refractivity contribution >= 4 is 11.8 Å². The molecule has 0 radical (unpaired) electrons. The van der Waals surface area contributed by atoms with Crippen molar-refractivity contribution in [3.63, 3.8) is 0 Å². The van der Waals surface area contributed by atoms with Crippen molar-refractivity contribution in [2.45, 2.75) is 19.8 Å². The van der Waals surface area contributed by atoms with Crippen LogP contribution in [0.1, 0.15) is 19.8 Å². The average molecular weight is 210 g/mol. The molecule has 78 valence electrons. The van der Waals surface area contributed by atoms with E-state index in [0.717, 1.165) is 18.8 Å². The van der Waals surface area contributed by atoms with E-state index in [1.54, 1.807) is 0 Å². The smallest absolute Gasteiger partial charge is 0.119 e. The van der Waals surface area contributed by atoms with Gasteiger partial charge in [0.05, 0.1) is 6.61 Å². The van der Waals surface area contributed by atoms with Crippen molar-refractivity contribution in [1.29, 1.82) is 0 Å². The van der Waals surface area contributed by atoms with Crippen LogP contribution in [0.3, 0.4) is 0 Å². The fourth-order valence-corrected chi connectivity index (χ4v) is 1.93. The first kappa shape index (κ1) is 11.4. The summed E-state index contributed by atoms with van der Waals surface area (Å²) in [5.74, 6) is 3.46. The molecule has 1 nitrogen and oxygen atoms in total. The maximum atomic E-state index is 5.57. The fourth-order valence-electron chi connectivity index (χ4n) is 1.11. The predicted octanol–water partition coefficient (Wildman–Crippen LogP) is 3.60. The average Bonchev–Trinajstić information content (AvgIpc) is 2.25. The second-order valence-corrected chi connectivity index (χ2v) is 4.35. The number of ether oxygens (including phenoxy) is 1. The van der Waals surface area contributed by atoms with Gasteiger partial charge in [-0.25, -0.2) is 0 Å². The maximum Gasteiger partial charge on any atom is 0.119 e. The largest absolute Gasteiger partial charge is 0.494 e. The van der Waals surface area contributed by atoms with Crippen molar-refractivity contribution in [3.8, 4) is 5.75 Å². The summed E-state index contributed by atoms with van der Waals surface area (Å²) in [6.45, 7) is 3.05. The van der Waals surface area contributed by atoms with Crippen molar-refractivity contribution in [2.24, 2.45) is 0 Å². The summed E-state index contributed by atoms with van der Waals surface area (Å²) in [4.78, 5) is 0. The van der Waals surface area contributed by atoms with Gasteiger partial charge in [0.2, 0.25) is 0 Å². The van der Waals surface area contributed by atoms with Gasteiger partial charge in [-0.1, -0.05) is 25.1 Å². The molecule has 2 heteroatoms. The van der Waals surface area contributed by atoms with Crippen LogP contribution < -0.4 is 4.74 Å². The molecule has 0 unspecified atom stereocenters. The highest BCUT2D eigenvalue weighted by molar-refractivity contribution is 7.99. The van der Waals surface area contributed by atoms with Crippen LogP contribution in [0.5, 0.6) is 5.75 Å². The minimum absolute atomic E-state index is 0.834. The van der Waals surface area contributed by atoms with E-state index in [1.165, 1.54) is 17.9 Å². The Morgan fingerprint density at radius 3 is 2.64 bits per heavy atom.